The Morgan fingerprint density at radius 1 is 1.42 bits per heavy atom. The van der Waals surface area contributed by atoms with Crippen LogP contribution in [0.5, 0.6) is 5.75 Å². The molecule has 1 aromatic rings. The first kappa shape index (κ1) is 15.2. The van der Waals surface area contributed by atoms with E-state index in [2.05, 4.69) is 5.32 Å². The van der Waals surface area contributed by atoms with E-state index in [1.807, 2.05) is 0 Å². The molecule has 0 amide bonds. The van der Waals surface area contributed by atoms with Crippen LogP contribution in [0.25, 0.3) is 0 Å². The molecule has 7 heteroatoms. The van der Waals surface area contributed by atoms with Gasteiger partial charge in [-0.15, -0.1) is 0 Å². The smallest absolute Gasteiger partial charge is 0.292 e. The Morgan fingerprint density at radius 2 is 2.21 bits per heavy atom. The summed E-state index contributed by atoms with van der Waals surface area (Å²) in [7, 11) is 1.51. The van der Waals surface area contributed by atoms with Gasteiger partial charge in [-0.1, -0.05) is 0 Å². The van der Waals surface area contributed by atoms with Gasteiger partial charge in [0.1, 0.15) is 11.4 Å². The average molecular weight is 270 g/mol. The van der Waals surface area contributed by atoms with Crippen molar-refractivity contribution in [2.45, 2.75) is 6.42 Å². The number of benzene rings is 1. The minimum Gasteiger partial charge on any atom is -0.497 e. The van der Waals surface area contributed by atoms with Crippen molar-refractivity contribution in [1.82, 2.24) is 0 Å². The summed E-state index contributed by atoms with van der Waals surface area (Å²) in [5.74, 6) is 0.560. The van der Waals surface area contributed by atoms with Gasteiger partial charge in [-0.05, 0) is 12.5 Å². The molecule has 0 radical (unpaired) electrons. The van der Waals surface area contributed by atoms with Crippen molar-refractivity contribution in [3.05, 3.63) is 28.3 Å². The lowest BCUT2D eigenvalue weighted by atomic mass is 10.2. The number of nitrogens with one attached hydrogen (secondary N) is 1. The summed E-state index contributed by atoms with van der Waals surface area (Å²) in [6.45, 7) is 1.33. The molecule has 0 aliphatic rings. The second-order valence-electron chi connectivity index (χ2n) is 3.76. The lowest BCUT2D eigenvalue weighted by molar-refractivity contribution is -0.384. The molecule has 1 rings (SSSR count). The number of nitro groups is 1. The summed E-state index contributed by atoms with van der Waals surface area (Å²) in [6.07, 6.45) is 0.689. The molecule has 0 atom stereocenters. The number of anilines is 1. The monoisotopic (exact) mass is 270 g/mol. The second-order valence-corrected chi connectivity index (χ2v) is 3.76. The fourth-order valence-electron chi connectivity index (χ4n) is 1.51. The number of hydrogen-bond acceptors (Lipinski definition) is 6. The van der Waals surface area contributed by atoms with Crippen LogP contribution < -0.4 is 10.1 Å². The number of ether oxygens (including phenoxy) is 2. The van der Waals surface area contributed by atoms with Crippen LogP contribution in [-0.4, -0.2) is 43.5 Å². The molecular formula is C12H18N2O5. The molecule has 1 aromatic carbocycles. The highest BCUT2D eigenvalue weighted by molar-refractivity contribution is 5.64. The highest BCUT2D eigenvalue weighted by Crippen LogP contribution is 2.28. The van der Waals surface area contributed by atoms with E-state index >= 15 is 0 Å². The lowest BCUT2D eigenvalue weighted by Gasteiger charge is -2.09. The van der Waals surface area contributed by atoms with Crippen LogP contribution in [0.4, 0.5) is 11.4 Å². The standard InChI is InChI=1S/C12H18N2O5/c1-18-10-3-4-12(14(16)17)11(9-10)13-5-2-7-19-8-6-15/h3-4,9,13,15H,2,5-8H2,1H3. The van der Waals surface area contributed by atoms with E-state index < -0.39 is 4.92 Å². The Bertz CT molecular complexity index is 411. The Labute approximate surface area is 111 Å². The molecule has 0 fully saturated rings. The summed E-state index contributed by atoms with van der Waals surface area (Å²) >= 11 is 0. The maximum atomic E-state index is 10.9. The number of aliphatic hydroxyl groups excluding tert-OH is 1. The summed E-state index contributed by atoms with van der Waals surface area (Å²) in [4.78, 5) is 10.4. The Kier molecular flexibility index (Phi) is 6.62. The Balaban J connectivity index is 2.52. The van der Waals surface area contributed by atoms with Gasteiger partial charge in [0.2, 0.25) is 0 Å². The second kappa shape index (κ2) is 8.28. The van der Waals surface area contributed by atoms with Gasteiger partial charge in [-0.3, -0.25) is 10.1 Å². The number of hydrogen-bond donors (Lipinski definition) is 2. The number of methoxy groups -OCH3 is 1. The van der Waals surface area contributed by atoms with Crippen LogP contribution in [-0.2, 0) is 4.74 Å². The number of nitrogens with zero attached hydrogens (tertiary/aromatic N) is 1. The first-order valence-electron chi connectivity index (χ1n) is 5.94. The third-order valence-electron chi connectivity index (χ3n) is 2.42. The van der Waals surface area contributed by atoms with E-state index in [1.54, 1.807) is 12.1 Å². The van der Waals surface area contributed by atoms with Gasteiger partial charge >= 0.3 is 0 Å². The SMILES string of the molecule is COc1ccc([N+](=O)[O-])c(NCCCOCCO)c1. The van der Waals surface area contributed by atoms with Gasteiger partial charge in [-0.25, -0.2) is 0 Å². The van der Waals surface area contributed by atoms with Crippen molar-refractivity contribution in [2.75, 3.05) is 38.8 Å². The van der Waals surface area contributed by atoms with Gasteiger partial charge in [-0.2, -0.15) is 0 Å². The van der Waals surface area contributed by atoms with Crippen LogP contribution in [0.2, 0.25) is 0 Å². The molecule has 2 N–H and O–H groups in total. The quantitative estimate of drug-likeness (QED) is 0.400. The molecular weight excluding hydrogens is 252 g/mol. The van der Waals surface area contributed by atoms with Crippen molar-refractivity contribution >= 4 is 11.4 Å². The molecule has 0 aromatic heterocycles. The predicted molar refractivity (Wildman–Crippen MR) is 70.7 cm³/mol. The van der Waals surface area contributed by atoms with E-state index in [0.29, 0.717) is 37.6 Å². The van der Waals surface area contributed by atoms with Crippen molar-refractivity contribution in [3.8, 4) is 5.75 Å². The van der Waals surface area contributed by atoms with Crippen LogP contribution >= 0.6 is 0 Å². The fraction of sp³-hybridized carbons (Fsp3) is 0.500. The lowest BCUT2D eigenvalue weighted by Crippen LogP contribution is -2.08. The molecule has 19 heavy (non-hydrogen) atoms. The summed E-state index contributed by atoms with van der Waals surface area (Å²) in [5.41, 5.74) is 0.434. The Hall–Kier alpha value is -1.86. The van der Waals surface area contributed by atoms with Crippen molar-refractivity contribution < 1.29 is 19.5 Å². The van der Waals surface area contributed by atoms with Crippen molar-refractivity contribution in [2.24, 2.45) is 0 Å². The van der Waals surface area contributed by atoms with Gasteiger partial charge in [0, 0.05) is 25.3 Å². The zero-order valence-electron chi connectivity index (χ0n) is 10.8. The highest BCUT2D eigenvalue weighted by Gasteiger charge is 2.13. The summed E-state index contributed by atoms with van der Waals surface area (Å²) < 4.78 is 10.1. The Morgan fingerprint density at radius 3 is 2.84 bits per heavy atom. The van der Waals surface area contributed by atoms with E-state index in [1.165, 1.54) is 13.2 Å². The summed E-state index contributed by atoms with van der Waals surface area (Å²) in [6, 6.07) is 4.55. The third-order valence-corrected chi connectivity index (χ3v) is 2.42. The zero-order chi connectivity index (χ0) is 14.1. The normalized spacial score (nSPS) is 10.2. The predicted octanol–water partition coefficient (Wildman–Crippen LogP) is 1.41. The first-order chi connectivity index (χ1) is 9.19. The molecule has 0 spiro atoms. The van der Waals surface area contributed by atoms with Crippen LogP contribution in [0.1, 0.15) is 6.42 Å². The van der Waals surface area contributed by atoms with E-state index in [9.17, 15) is 10.1 Å². The minimum absolute atomic E-state index is 0.00517. The minimum atomic E-state index is -0.440. The number of rotatable bonds is 9. The van der Waals surface area contributed by atoms with E-state index in [0.717, 1.165) is 0 Å². The van der Waals surface area contributed by atoms with Crippen LogP contribution in [0, 0.1) is 10.1 Å². The number of aliphatic hydroxyl groups is 1. The van der Waals surface area contributed by atoms with Crippen LogP contribution in [0.3, 0.4) is 0 Å². The first-order valence-corrected chi connectivity index (χ1v) is 5.94. The van der Waals surface area contributed by atoms with Gasteiger partial charge in [0.05, 0.1) is 25.2 Å². The maximum absolute atomic E-state index is 10.9. The fourth-order valence-corrected chi connectivity index (χ4v) is 1.51. The van der Waals surface area contributed by atoms with Crippen molar-refractivity contribution in [3.63, 3.8) is 0 Å². The van der Waals surface area contributed by atoms with Crippen molar-refractivity contribution in [1.29, 1.82) is 0 Å². The molecule has 0 saturated carbocycles. The van der Waals surface area contributed by atoms with Gasteiger partial charge in [0.15, 0.2) is 0 Å². The molecule has 106 valence electrons. The maximum Gasteiger partial charge on any atom is 0.292 e. The molecule has 0 heterocycles. The molecule has 0 aliphatic heterocycles. The zero-order valence-corrected chi connectivity index (χ0v) is 10.8. The third kappa shape index (κ3) is 5.11. The van der Waals surface area contributed by atoms with E-state index in [4.69, 9.17) is 14.6 Å². The molecule has 0 bridgehead atoms. The molecule has 7 nitrogen and oxygen atoms in total. The molecule has 0 unspecified atom stereocenters. The van der Waals surface area contributed by atoms with Gasteiger partial charge in [0.25, 0.3) is 5.69 Å². The topological polar surface area (TPSA) is 93.9 Å². The molecule has 0 saturated heterocycles. The largest absolute Gasteiger partial charge is 0.497 e. The number of nitro benzene ring substituents is 1. The van der Waals surface area contributed by atoms with Crippen LogP contribution in [0.15, 0.2) is 18.2 Å². The van der Waals surface area contributed by atoms with E-state index in [-0.39, 0.29) is 12.3 Å². The van der Waals surface area contributed by atoms with Gasteiger partial charge < -0.3 is 19.9 Å². The summed E-state index contributed by atoms with van der Waals surface area (Å²) in [5, 5.41) is 22.4. The average Bonchev–Trinajstić information content (AvgIpc) is 2.42. The molecule has 0 aliphatic carbocycles. The highest BCUT2D eigenvalue weighted by atomic mass is 16.6.